The number of rotatable bonds is 8. The number of aryl methyl sites for hydroxylation is 1. The van der Waals surface area contributed by atoms with Crippen LogP contribution in [0.15, 0.2) is 66.0 Å². The van der Waals surface area contributed by atoms with E-state index in [-0.39, 0.29) is 5.91 Å². The first-order valence-corrected chi connectivity index (χ1v) is 9.83. The highest BCUT2D eigenvalue weighted by molar-refractivity contribution is 7.13. The van der Waals surface area contributed by atoms with Crippen molar-refractivity contribution >= 4 is 28.1 Å². The summed E-state index contributed by atoms with van der Waals surface area (Å²) in [4.78, 5) is 17.3. The maximum absolute atomic E-state index is 13.1. The van der Waals surface area contributed by atoms with Gasteiger partial charge in [-0.1, -0.05) is 48.5 Å². The second kappa shape index (κ2) is 8.68. The molecular formula is C21H24N4OS. The molecule has 1 atom stereocenters. The monoisotopic (exact) mass is 380 g/mol. The number of nitrogens with two attached hydrogens (primary N) is 1. The third kappa shape index (κ3) is 4.86. The Balaban J connectivity index is 1.67. The lowest BCUT2D eigenvalue weighted by atomic mass is 9.90. The number of carbonyl (C=O) groups excluding carboxylic acids is 1. The summed E-state index contributed by atoms with van der Waals surface area (Å²) in [5, 5.41) is 9.00. The van der Waals surface area contributed by atoms with Gasteiger partial charge in [0.1, 0.15) is 5.54 Å². The fraction of sp³-hybridized carbons (Fsp3) is 0.238. The molecule has 1 unspecified atom stereocenters. The van der Waals surface area contributed by atoms with Gasteiger partial charge in [-0.25, -0.2) is 4.98 Å². The first kappa shape index (κ1) is 18.9. The van der Waals surface area contributed by atoms with Gasteiger partial charge >= 0.3 is 0 Å². The summed E-state index contributed by atoms with van der Waals surface area (Å²) in [7, 11) is 0. The SMILES string of the molecule is CC(Nc1ccccc1)(C(=O)NCCCc1csc(N)n1)c1ccccc1. The normalized spacial score (nSPS) is 12.9. The van der Waals surface area contributed by atoms with Gasteiger partial charge in [0.25, 0.3) is 0 Å². The van der Waals surface area contributed by atoms with Gasteiger partial charge in [-0.15, -0.1) is 11.3 Å². The molecule has 3 aromatic rings. The van der Waals surface area contributed by atoms with Crippen LogP contribution in [0, 0.1) is 0 Å². The fourth-order valence-electron chi connectivity index (χ4n) is 2.93. The standard InChI is InChI=1S/C21H24N4OS/c1-21(16-9-4-2-5-10-16,25-17-11-6-3-7-12-17)19(26)23-14-8-13-18-15-27-20(22)24-18/h2-7,9-12,15,25H,8,13-14H2,1H3,(H2,22,24)(H,23,26). The number of hydrogen-bond donors (Lipinski definition) is 3. The number of nitrogens with one attached hydrogen (secondary N) is 2. The summed E-state index contributed by atoms with van der Waals surface area (Å²) in [6.45, 7) is 2.49. The molecule has 0 saturated carbocycles. The van der Waals surface area contributed by atoms with Crippen LogP contribution in [0.2, 0.25) is 0 Å². The minimum absolute atomic E-state index is 0.0599. The zero-order chi connectivity index (χ0) is 19.1. The van der Waals surface area contributed by atoms with Crippen LogP contribution >= 0.6 is 11.3 Å². The largest absolute Gasteiger partial charge is 0.375 e. The van der Waals surface area contributed by atoms with E-state index in [1.165, 1.54) is 11.3 Å². The highest BCUT2D eigenvalue weighted by Gasteiger charge is 2.34. The smallest absolute Gasteiger partial charge is 0.250 e. The third-order valence-electron chi connectivity index (χ3n) is 4.44. The Morgan fingerprint density at radius 1 is 1.11 bits per heavy atom. The molecule has 6 heteroatoms. The summed E-state index contributed by atoms with van der Waals surface area (Å²) in [6, 6.07) is 19.5. The number of anilines is 2. The van der Waals surface area contributed by atoms with Crippen LogP contribution in [0.4, 0.5) is 10.8 Å². The molecule has 4 N–H and O–H groups in total. The number of hydrogen-bond acceptors (Lipinski definition) is 5. The van der Waals surface area contributed by atoms with Crippen molar-refractivity contribution in [1.82, 2.24) is 10.3 Å². The first-order valence-electron chi connectivity index (χ1n) is 8.95. The van der Waals surface area contributed by atoms with Gasteiger partial charge in [0.05, 0.1) is 5.69 Å². The summed E-state index contributed by atoms with van der Waals surface area (Å²) >= 11 is 1.44. The van der Waals surface area contributed by atoms with Crippen LogP contribution in [0.25, 0.3) is 0 Å². The van der Waals surface area contributed by atoms with Crippen LogP contribution in [0.1, 0.15) is 24.6 Å². The van der Waals surface area contributed by atoms with Crippen molar-refractivity contribution < 1.29 is 4.79 Å². The van der Waals surface area contributed by atoms with Crippen molar-refractivity contribution in [1.29, 1.82) is 0 Å². The Morgan fingerprint density at radius 3 is 2.41 bits per heavy atom. The molecule has 2 aromatic carbocycles. The van der Waals surface area contributed by atoms with Crippen LogP contribution < -0.4 is 16.4 Å². The van der Waals surface area contributed by atoms with Crippen LogP contribution in [0.3, 0.4) is 0 Å². The average Bonchev–Trinajstić information content (AvgIpc) is 3.11. The van der Waals surface area contributed by atoms with E-state index in [2.05, 4.69) is 15.6 Å². The molecule has 0 bridgehead atoms. The van der Waals surface area contributed by atoms with Gasteiger partial charge in [0.2, 0.25) is 5.91 Å². The molecule has 0 radical (unpaired) electrons. The van der Waals surface area contributed by atoms with Crippen LogP contribution in [-0.4, -0.2) is 17.4 Å². The quantitative estimate of drug-likeness (QED) is 0.519. The molecule has 0 spiro atoms. The Bertz CT molecular complexity index is 866. The highest BCUT2D eigenvalue weighted by atomic mass is 32.1. The lowest BCUT2D eigenvalue weighted by Crippen LogP contribution is -2.48. The number of thiazole rings is 1. The molecule has 1 aromatic heterocycles. The minimum atomic E-state index is -0.867. The molecule has 0 saturated heterocycles. The van der Waals surface area contributed by atoms with Crippen molar-refractivity contribution in [3.63, 3.8) is 0 Å². The van der Waals surface area contributed by atoms with Gasteiger partial charge in [-0.2, -0.15) is 0 Å². The second-order valence-corrected chi connectivity index (χ2v) is 7.41. The number of para-hydroxylation sites is 1. The molecule has 0 aliphatic rings. The summed E-state index contributed by atoms with van der Waals surface area (Å²) in [5.41, 5.74) is 7.58. The second-order valence-electron chi connectivity index (χ2n) is 6.52. The lowest BCUT2D eigenvalue weighted by Gasteiger charge is -2.31. The number of aromatic nitrogens is 1. The van der Waals surface area contributed by atoms with E-state index in [9.17, 15) is 4.79 Å². The van der Waals surface area contributed by atoms with E-state index >= 15 is 0 Å². The Labute approximate surface area is 163 Å². The third-order valence-corrected chi connectivity index (χ3v) is 5.16. The zero-order valence-electron chi connectivity index (χ0n) is 15.3. The van der Waals surface area contributed by atoms with Crippen molar-refractivity contribution in [2.75, 3.05) is 17.6 Å². The maximum atomic E-state index is 13.1. The average molecular weight is 381 g/mol. The summed E-state index contributed by atoms with van der Waals surface area (Å²) in [6.07, 6.45) is 1.60. The number of benzene rings is 2. The van der Waals surface area contributed by atoms with E-state index in [1.807, 2.05) is 73.0 Å². The predicted molar refractivity (Wildman–Crippen MR) is 112 cm³/mol. The van der Waals surface area contributed by atoms with E-state index < -0.39 is 5.54 Å². The van der Waals surface area contributed by atoms with Crippen LogP contribution in [-0.2, 0) is 16.8 Å². The first-order chi connectivity index (χ1) is 13.1. The molecule has 0 fully saturated rings. The molecule has 0 aliphatic heterocycles. The molecule has 5 nitrogen and oxygen atoms in total. The zero-order valence-corrected chi connectivity index (χ0v) is 16.1. The van der Waals surface area contributed by atoms with E-state index in [1.54, 1.807) is 0 Å². The molecule has 0 aliphatic carbocycles. The number of nitrogen functional groups attached to an aromatic ring is 1. The molecule has 1 heterocycles. The van der Waals surface area contributed by atoms with Crippen molar-refractivity contribution in [3.05, 3.63) is 77.3 Å². The summed E-state index contributed by atoms with van der Waals surface area (Å²) < 4.78 is 0. The van der Waals surface area contributed by atoms with E-state index in [0.29, 0.717) is 11.7 Å². The molecule has 140 valence electrons. The number of nitrogens with zero attached hydrogens (tertiary/aromatic N) is 1. The van der Waals surface area contributed by atoms with E-state index in [4.69, 9.17) is 5.73 Å². The highest BCUT2D eigenvalue weighted by Crippen LogP contribution is 2.26. The maximum Gasteiger partial charge on any atom is 0.250 e. The summed E-state index contributed by atoms with van der Waals surface area (Å²) in [5.74, 6) is -0.0599. The van der Waals surface area contributed by atoms with Crippen LogP contribution in [0.5, 0.6) is 0 Å². The Hall–Kier alpha value is -2.86. The number of amides is 1. The molecule has 27 heavy (non-hydrogen) atoms. The molecule has 3 rings (SSSR count). The van der Waals surface area contributed by atoms with Gasteiger partial charge < -0.3 is 16.4 Å². The van der Waals surface area contributed by atoms with Crippen molar-refractivity contribution in [2.45, 2.75) is 25.3 Å². The fourth-order valence-corrected chi connectivity index (χ4v) is 3.52. The van der Waals surface area contributed by atoms with Gasteiger partial charge in [-0.05, 0) is 37.5 Å². The van der Waals surface area contributed by atoms with Gasteiger partial charge in [-0.3, -0.25) is 4.79 Å². The minimum Gasteiger partial charge on any atom is -0.375 e. The van der Waals surface area contributed by atoms with Crippen molar-refractivity contribution in [2.24, 2.45) is 0 Å². The Kier molecular flexibility index (Phi) is 6.08. The van der Waals surface area contributed by atoms with Gasteiger partial charge in [0.15, 0.2) is 5.13 Å². The van der Waals surface area contributed by atoms with E-state index in [0.717, 1.165) is 29.8 Å². The topological polar surface area (TPSA) is 80.0 Å². The predicted octanol–water partition coefficient (Wildman–Crippen LogP) is 3.80. The molecule has 1 amide bonds. The van der Waals surface area contributed by atoms with Crippen molar-refractivity contribution in [3.8, 4) is 0 Å². The number of carbonyl (C=O) groups is 1. The molecular weight excluding hydrogens is 356 g/mol. The lowest BCUT2D eigenvalue weighted by molar-refractivity contribution is -0.125. The Morgan fingerprint density at radius 2 is 1.78 bits per heavy atom. The van der Waals surface area contributed by atoms with Gasteiger partial charge in [0, 0.05) is 17.6 Å².